The molecule has 9 nitrogen and oxygen atoms in total. The van der Waals surface area contributed by atoms with Crippen molar-refractivity contribution in [3.05, 3.63) is 66.1 Å². The van der Waals surface area contributed by atoms with Gasteiger partial charge in [-0.3, -0.25) is 9.97 Å². The van der Waals surface area contributed by atoms with E-state index in [1.54, 1.807) is 18.6 Å². The molecule has 0 atom stereocenters. The van der Waals surface area contributed by atoms with Crippen LogP contribution in [0, 0.1) is 5.41 Å². The summed E-state index contributed by atoms with van der Waals surface area (Å²) in [5.74, 6) is 1.36. The third kappa shape index (κ3) is 4.14. The molecule has 4 aromatic rings. The van der Waals surface area contributed by atoms with Crippen molar-refractivity contribution in [2.45, 2.75) is 44.9 Å². The summed E-state index contributed by atoms with van der Waals surface area (Å²) >= 11 is 0. The van der Waals surface area contributed by atoms with E-state index in [1.807, 2.05) is 38.2 Å². The van der Waals surface area contributed by atoms with Crippen molar-refractivity contribution in [1.29, 1.82) is 0 Å². The molecule has 1 aliphatic carbocycles. The molecular weight excluding hydrogens is 430 g/mol. The Morgan fingerprint density at radius 1 is 0.971 bits per heavy atom. The van der Waals surface area contributed by atoms with Gasteiger partial charge in [0, 0.05) is 42.7 Å². The average molecular weight is 458 g/mol. The highest BCUT2D eigenvalue weighted by Crippen LogP contribution is 2.48. The fraction of sp³-hybridized carbons (Fsp3) is 0.360. The zero-order chi connectivity index (χ0) is 23.8. The number of aliphatic hydroxyl groups is 1. The van der Waals surface area contributed by atoms with Crippen LogP contribution in [0.15, 0.2) is 53.6 Å². The first-order chi connectivity index (χ1) is 16.4. The molecule has 0 amide bonds. The van der Waals surface area contributed by atoms with Gasteiger partial charge in [-0.2, -0.15) is 4.98 Å². The largest absolute Gasteiger partial charge is 0.396 e. The lowest BCUT2D eigenvalue weighted by Crippen LogP contribution is -2.36. The van der Waals surface area contributed by atoms with Gasteiger partial charge in [-0.15, -0.1) is 0 Å². The van der Waals surface area contributed by atoms with Gasteiger partial charge >= 0.3 is 0 Å². The van der Waals surface area contributed by atoms with E-state index >= 15 is 0 Å². The van der Waals surface area contributed by atoms with Crippen molar-refractivity contribution in [2.75, 3.05) is 12.3 Å². The Morgan fingerprint density at radius 2 is 1.74 bits per heavy atom. The standard InChI is InChI=1S/C25H27N7O2/c1-24(2,15-33)10-19-6-4-16(11-27-19)21-31-22(32-34-21)25(8-3-9-25)18-5-7-20(28-14-18)17-12-29-23(26)30-13-17/h4-7,11-14,33H,3,8-10,15H2,1-2H3,(H2,26,29,30). The van der Waals surface area contributed by atoms with Crippen LogP contribution in [0.25, 0.3) is 22.7 Å². The minimum Gasteiger partial charge on any atom is -0.396 e. The smallest absolute Gasteiger partial charge is 0.259 e. The predicted octanol–water partition coefficient (Wildman–Crippen LogP) is 3.60. The molecule has 1 fully saturated rings. The normalized spacial score (nSPS) is 15.1. The number of anilines is 1. The van der Waals surface area contributed by atoms with Gasteiger partial charge in [0.25, 0.3) is 5.89 Å². The SMILES string of the molecule is CC(C)(CO)Cc1ccc(-c2nc(C3(c4ccc(-c5cnc(N)nc5)nc4)CCC3)no2)cn1. The minimum absolute atomic E-state index is 0.106. The maximum atomic E-state index is 9.50. The molecule has 174 valence electrons. The van der Waals surface area contributed by atoms with E-state index in [0.717, 1.165) is 47.3 Å². The fourth-order valence-corrected chi connectivity index (χ4v) is 4.23. The van der Waals surface area contributed by atoms with E-state index in [9.17, 15) is 5.11 Å². The molecule has 4 aromatic heterocycles. The topological polar surface area (TPSA) is 137 Å². The monoisotopic (exact) mass is 457 g/mol. The number of aliphatic hydroxyl groups excluding tert-OH is 1. The third-order valence-corrected chi connectivity index (χ3v) is 6.50. The second kappa shape index (κ2) is 8.57. The number of hydrogen-bond acceptors (Lipinski definition) is 9. The molecule has 9 heteroatoms. The molecular formula is C25H27N7O2. The van der Waals surface area contributed by atoms with Crippen LogP contribution in [0.3, 0.4) is 0 Å². The quantitative estimate of drug-likeness (QED) is 0.426. The molecule has 34 heavy (non-hydrogen) atoms. The van der Waals surface area contributed by atoms with Crippen LogP contribution < -0.4 is 5.73 Å². The van der Waals surface area contributed by atoms with Crippen LogP contribution in [0.1, 0.15) is 50.2 Å². The third-order valence-electron chi connectivity index (χ3n) is 6.50. The van der Waals surface area contributed by atoms with Gasteiger partial charge in [-0.1, -0.05) is 31.5 Å². The Morgan fingerprint density at radius 3 is 2.32 bits per heavy atom. The van der Waals surface area contributed by atoms with Crippen LogP contribution in [0.4, 0.5) is 5.95 Å². The summed E-state index contributed by atoms with van der Waals surface area (Å²) in [4.78, 5) is 22.0. The second-order valence-electron chi connectivity index (χ2n) is 9.66. The molecule has 4 heterocycles. The minimum atomic E-state index is -0.302. The van der Waals surface area contributed by atoms with Crippen molar-refractivity contribution in [3.8, 4) is 22.7 Å². The molecule has 0 radical (unpaired) electrons. The molecule has 0 saturated heterocycles. The molecule has 0 spiro atoms. The van der Waals surface area contributed by atoms with E-state index < -0.39 is 0 Å². The average Bonchev–Trinajstić information content (AvgIpc) is 3.30. The lowest BCUT2D eigenvalue weighted by atomic mass is 9.64. The number of rotatable bonds is 7. The molecule has 0 bridgehead atoms. The van der Waals surface area contributed by atoms with E-state index in [1.165, 1.54) is 0 Å². The molecule has 1 saturated carbocycles. The Hall–Kier alpha value is -3.72. The summed E-state index contributed by atoms with van der Waals surface area (Å²) < 4.78 is 5.63. The van der Waals surface area contributed by atoms with Crippen molar-refractivity contribution >= 4 is 5.95 Å². The Kier molecular flexibility index (Phi) is 5.57. The highest BCUT2D eigenvalue weighted by atomic mass is 16.5. The van der Waals surface area contributed by atoms with Crippen LogP contribution >= 0.6 is 0 Å². The zero-order valence-corrected chi connectivity index (χ0v) is 19.3. The van der Waals surface area contributed by atoms with Gasteiger partial charge in [0.05, 0.1) is 16.7 Å². The van der Waals surface area contributed by atoms with Crippen molar-refractivity contribution < 1.29 is 9.63 Å². The number of nitrogens with two attached hydrogens (primary N) is 1. The number of nitrogen functional groups attached to an aromatic ring is 1. The summed E-state index contributed by atoms with van der Waals surface area (Å²) in [6.07, 6.45) is 10.6. The summed E-state index contributed by atoms with van der Waals surface area (Å²) in [6.45, 7) is 4.13. The van der Waals surface area contributed by atoms with Crippen LogP contribution in [-0.4, -0.2) is 41.8 Å². The summed E-state index contributed by atoms with van der Waals surface area (Å²) in [5, 5.41) is 13.8. The van der Waals surface area contributed by atoms with Crippen LogP contribution in [0.2, 0.25) is 0 Å². The van der Waals surface area contributed by atoms with Gasteiger partial charge in [-0.25, -0.2) is 9.97 Å². The number of pyridine rings is 2. The summed E-state index contributed by atoms with van der Waals surface area (Å²) in [7, 11) is 0. The Labute approximate surface area is 197 Å². The van der Waals surface area contributed by atoms with E-state index in [0.29, 0.717) is 18.1 Å². The first kappa shape index (κ1) is 22.1. The highest BCUT2D eigenvalue weighted by molar-refractivity contribution is 5.58. The van der Waals surface area contributed by atoms with E-state index in [2.05, 4.69) is 31.2 Å². The van der Waals surface area contributed by atoms with Crippen LogP contribution in [0.5, 0.6) is 0 Å². The molecule has 1 aliphatic rings. The maximum Gasteiger partial charge on any atom is 0.259 e. The lowest BCUT2D eigenvalue weighted by Gasteiger charge is -2.39. The predicted molar refractivity (Wildman–Crippen MR) is 126 cm³/mol. The highest BCUT2D eigenvalue weighted by Gasteiger charge is 2.45. The summed E-state index contributed by atoms with van der Waals surface area (Å²) in [6, 6.07) is 7.90. The molecule has 0 aliphatic heterocycles. The molecule has 0 unspecified atom stereocenters. The maximum absolute atomic E-state index is 9.50. The number of nitrogens with zero attached hydrogens (tertiary/aromatic N) is 6. The van der Waals surface area contributed by atoms with Gasteiger partial charge in [0.2, 0.25) is 5.95 Å². The van der Waals surface area contributed by atoms with Gasteiger partial charge < -0.3 is 15.4 Å². The number of hydrogen-bond donors (Lipinski definition) is 2. The van der Waals surface area contributed by atoms with Gasteiger partial charge in [0.15, 0.2) is 5.82 Å². The second-order valence-corrected chi connectivity index (χ2v) is 9.66. The summed E-state index contributed by atoms with van der Waals surface area (Å²) in [5.41, 5.74) is 9.40. The van der Waals surface area contributed by atoms with Crippen LogP contribution in [-0.2, 0) is 11.8 Å². The van der Waals surface area contributed by atoms with E-state index in [-0.39, 0.29) is 23.4 Å². The molecule has 0 aromatic carbocycles. The number of aromatic nitrogens is 6. The molecule has 3 N–H and O–H groups in total. The van der Waals surface area contributed by atoms with Crippen molar-refractivity contribution in [2.24, 2.45) is 5.41 Å². The van der Waals surface area contributed by atoms with Gasteiger partial charge in [-0.05, 0) is 48.4 Å². The fourth-order valence-electron chi connectivity index (χ4n) is 4.23. The Bertz CT molecular complexity index is 1260. The van der Waals surface area contributed by atoms with Crippen molar-refractivity contribution in [3.63, 3.8) is 0 Å². The molecule has 5 rings (SSSR count). The van der Waals surface area contributed by atoms with Crippen molar-refractivity contribution in [1.82, 2.24) is 30.1 Å². The zero-order valence-electron chi connectivity index (χ0n) is 19.3. The van der Waals surface area contributed by atoms with E-state index in [4.69, 9.17) is 15.2 Å². The first-order valence-electron chi connectivity index (χ1n) is 11.3. The lowest BCUT2D eigenvalue weighted by molar-refractivity contribution is 0.158. The Balaban J connectivity index is 1.37. The first-order valence-corrected chi connectivity index (χ1v) is 11.3. The van der Waals surface area contributed by atoms with Gasteiger partial charge in [0.1, 0.15) is 0 Å².